The Balaban J connectivity index is 1.89. The molecular formula is C14H25NO. The molecule has 0 bridgehead atoms. The van der Waals surface area contributed by atoms with Gasteiger partial charge in [0.2, 0.25) is 0 Å². The van der Waals surface area contributed by atoms with Crippen molar-refractivity contribution in [1.82, 2.24) is 4.90 Å². The van der Waals surface area contributed by atoms with Crippen LogP contribution in [0.4, 0.5) is 0 Å². The lowest BCUT2D eigenvalue weighted by atomic mass is 9.81. The first kappa shape index (κ1) is 12.1. The summed E-state index contributed by atoms with van der Waals surface area (Å²) >= 11 is 0. The Kier molecular flexibility index (Phi) is 4.04. The molecule has 16 heavy (non-hydrogen) atoms. The number of nitrogens with zero attached hydrogens (tertiary/aromatic N) is 1. The lowest BCUT2D eigenvalue weighted by molar-refractivity contribution is -0.0106. The quantitative estimate of drug-likeness (QED) is 0.667. The molecule has 2 aliphatic rings. The normalized spacial score (nSPS) is 37.2. The molecule has 2 unspecified atom stereocenters. The Labute approximate surface area is 99.7 Å². The third-order valence-corrected chi connectivity index (χ3v) is 4.17. The van der Waals surface area contributed by atoms with Crippen LogP contribution in [0.5, 0.6) is 0 Å². The van der Waals surface area contributed by atoms with E-state index in [-0.39, 0.29) is 0 Å². The summed E-state index contributed by atoms with van der Waals surface area (Å²) in [6.07, 6.45) is 5.14. The van der Waals surface area contributed by atoms with E-state index in [0.29, 0.717) is 6.04 Å². The zero-order valence-corrected chi connectivity index (χ0v) is 10.9. The maximum atomic E-state index is 5.49. The first-order valence-electron chi connectivity index (χ1n) is 6.66. The number of rotatable bonds is 2. The highest BCUT2D eigenvalue weighted by molar-refractivity contribution is 5.06. The monoisotopic (exact) mass is 223 g/mol. The van der Waals surface area contributed by atoms with E-state index in [1.165, 1.54) is 19.4 Å². The minimum atomic E-state index is 0.605. The van der Waals surface area contributed by atoms with Gasteiger partial charge in [0, 0.05) is 19.1 Å². The molecule has 2 rings (SSSR count). The molecule has 1 heterocycles. The lowest BCUT2D eigenvalue weighted by Crippen LogP contribution is -2.46. The topological polar surface area (TPSA) is 12.5 Å². The second-order valence-corrected chi connectivity index (χ2v) is 5.59. The maximum Gasteiger partial charge on any atom is 0.0619 e. The Morgan fingerprint density at radius 2 is 2.25 bits per heavy atom. The van der Waals surface area contributed by atoms with Gasteiger partial charge in [0.15, 0.2) is 0 Å². The van der Waals surface area contributed by atoms with E-state index in [1.54, 1.807) is 5.57 Å². The zero-order chi connectivity index (χ0) is 11.5. The van der Waals surface area contributed by atoms with Crippen LogP contribution in [0.2, 0.25) is 0 Å². The van der Waals surface area contributed by atoms with Crippen LogP contribution in [-0.2, 0) is 4.74 Å². The van der Waals surface area contributed by atoms with Gasteiger partial charge in [-0.1, -0.05) is 18.6 Å². The smallest absolute Gasteiger partial charge is 0.0619 e. The number of ether oxygens (including phenoxy) is 1. The molecule has 0 N–H and O–H groups in total. The predicted molar refractivity (Wildman–Crippen MR) is 67.5 cm³/mol. The summed E-state index contributed by atoms with van der Waals surface area (Å²) in [6.45, 7) is 11.1. The van der Waals surface area contributed by atoms with Gasteiger partial charge in [0.05, 0.1) is 13.2 Å². The summed E-state index contributed by atoms with van der Waals surface area (Å²) < 4.78 is 5.49. The second kappa shape index (κ2) is 5.33. The molecule has 1 saturated heterocycles. The van der Waals surface area contributed by atoms with Crippen LogP contribution in [-0.4, -0.2) is 37.2 Å². The molecular weight excluding hydrogens is 198 g/mol. The molecule has 3 atom stereocenters. The fourth-order valence-corrected chi connectivity index (χ4v) is 2.94. The van der Waals surface area contributed by atoms with Crippen molar-refractivity contribution in [2.45, 2.75) is 39.7 Å². The lowest BCUT2D eigenvalue weighted by Gasteiger charge is -2.38. The van der Waals surface area contributed by atoms with Gasteiger partial charge in [0.25, 0.3) is 0 Å². The average Bonchev–Trinajstić information content (AvgIpc) is 2.25. The Hall–Kier alpha value is -0.340. The molecule has 1 aliphatic heterocycles. The first-order valence-corrected chi connectivity index (χ1v) is 6.66. The first-order chi connectivity index (χ1) is 7.66. The Morgan fingerprint density at radius 1 is 1.44 bits per heavy atom. The van der Waals surface area contributed by atoms with E-state index >= 15 is 0 Å². The minimum Gasteiger partial charge on any atom is -0.379 e. The van der Waals surface area contributed by atoms with E-state index in [4.69, 9.17) is 4.74 Å². The van der Waals surface area contributed by atoms with Gasteiger partial charge >= 0.3 is 0 Å². The van der Waals surface area contributed by atoms with Gasteiger partial charge in [-0.15, -0.1) is 0 Å². The molecule has 0 aromatic carbocycles. The fraction of sp³-hybridized carbons (Fsp3) is 0.857. The third-order valence-electron chi connectivity index (χ3n) is 4.17. The van der Waals surface area contributed by atoms with Gasteiger partial charge in [-0.25, -0.2) is 0 Å². The summed E-state index contributed by atoms with van der Waals surface area (Å²) in [5.41, 5.74) is 1.58. The highest BCUT2D eigenvalue weighted by Gasteiger charge is 2.26. The summed E-state index contributed by atoms with van der Waals surface area (Å²) in [6, 6.07) is 0.605. The molecule has 0 saturated carbocycles. The van der Waals surface area contributed by atoms with Crippen molar-refractivity contribution < 1.29 is 4.74 Å². The van der Waals surface area contributed by atoms with E-state index < -0.39 is 0 Å². The predicted octanol–water partition coefficient (Wildman–Crippen LogP) is 2.70. The van der Waals surface area contributed by atoms with Crippen LogP contribution in [0.1, 0.15) is 33.6 Å². The highest BCUT2D eigenvalue weighted by Crippen LogP contribution is 2.29. The van der Waals surface area contributed by atoms with Crippen LogP contribution in [0.3, 0.4) is 0 Å². The van der Waals surface area contributed by atoms with Crippen molar-refractivity contribution in [1.29, 1.82) is 0 Å². The van der Waals surface area contributed by atoms with Crippen molar-refractivity contribution in [3.8, 4) is 0 Å². The summed E-state index contributed by atoms with van der Waals surface area (Å²) in [4.78, 5) is 2.61. The van der Waals surface area contributed by atoms with Gasteiger partial charge in [-0.3, -0.25) is 4.90 Å². The van der Waals surface area contributed by atoms with Crippen LogP contribution in [0.25, 0.3) is 0 Å². The average molecular weight is 223 g/mol. The van der Waals surface area contributed by atoms with Crippen LogP contribution in [0.15, 0.2) is 11.6 Å². The second-order valence-electron chi connectivity index (χ2n) is 5.59. The SMILES string of the molecule is CC1=CC(C)C(CN2CCOC[C@@H]2C)CC1. The number of morpholine rings is 1. The number of allylic oxidation sites excluding steroid dienone is 2. The molecule has 92 valence electrons. The van der Waals surface area contributed by atoms with Crippen molar-refractivity contribution in [2.24, 2.45) is 11.8 Å². The van der Waals surface area contributed by atoms with Crippen LogP contribution < -0.4 is 0 Å². The molecule has 0 aromatic heterocycles. The molecule has 1 fully saturated rings. The standard InChI is InChI=1S/C14H25NO/c1-11-4-5-14(12(2)8-11)9-15-6-7-16-10-13(15)3/h8,12-14H,4-7,9-10H2,1-3H3/t12?,13-,14?/m0/s1. The summed E-state index contributed by atoms with van der Waals surface area (Å²) in [5.74, 6) is 1.60. The van der Waals surface area contributed by atoms with E-state index in [2.05, 4.69) is 31.7 Å². The Morgan fingerprint density at radius 3 is 2.94 bits per heavy atom. The maximum absolute atomic E-state index is 5.49. The van der Waals surface area contributed by atoms with Crippen molar-refractivity contribution in [3.05, 3.63) is 11.6 Å². The van der Waals surface area contributed by atoms with Gasteiger partial charge in [0.1, 0.15) is 0 Å². The van der Waals surface area contributed by atoms with E-state index in [1.807, 2.05) is 0 Å². The molecule has 0 aromatic rings. The molecule has 0 radical (unpaired) electrons. The molecule has 2 nitrogen and oxygen atoms in total. The van der Waals surface area contributed by atoms with E-state index in [0.717, 1.165) is 31.6 Å². The van der Waals surface area contributed by atoms with Gasteiger partial charge in [-0.2, -0.15) is 0 Å². The van der Waals surface area contributed by atoms with Gasteiger partial charge in [-0.05, 0) is 38.5 Å². The third kappa shape index (κ3) is 2.86. The highest BCUT2D eigenvalue weighted by atomic mass is 16.5. The fourth-order valence-electron chi connectivity index (χ4n) is 2.94. The number of hydrogen-bond donors (Lipinski definition) is 0. The molecule has 1 aliphatic carbocycles. The summed E-state index contributed by atoms with van der Waals surface area (Å²) in [7, 11) is 0. The molecule has 0 amide bonds. The Bertz CT molecular complexity index is 261. The number of hydrogen-bond acceptors (Lipinski definition) is 2. The minimum absolute atomic E-state index is 0.605. The van der Waals surface area contributed by atoms with Crippen LogP contribution in [0, 0.1) is 11.8 Å². The molecule has 0 spiro atoms. The zero-order valence-electron chi connectivity index (χ0n) is 10.9. The van der Waals surface area contributed by atoms with Crippen molar-refractivity contribution in [2.75, 3.05) is 26.3 Å². The van der Waals surface area contributed by atoms with Gasteiger partial charge < -0.3 is 4.74 Å². The van der Waals surface area contributed by atoms with Crippen LogP contribution >= 0.6 is 0 Å². The van der Waals surface area contributed by atoms with Crippen molar-refractivity contribution >= 4 is 0 Å². The largest absolute Gasteiger partial charge is 0.379 e. The summed E-state index contributed by atoms with van der Waals surface area (Å²) in [5, 5.41) is 0. The molecule has 2 heteroatoms. The van der Waals surface area contributed by atoms with Crippen molar-refractivity contribution in [3.63, 3.8) is 0 Å². The van der Waals surface area contributed by atoms with E-state index in [9.17, 15) is 0 Å².